The van der Waals surface area contributed by atoms with Crippen molar-refractivity contribution in [2.45, 2.75) is 25.4 Å². The molecule has 0 aliphatic carbocycles. The number of sulfone groups is 1. The number of aliphatic hydroxyl groups is 1. The minimum absolute atomic E-state index is 0.0566. The molecule has 1 atom stereocenters. The van der Waals surface area contributed by atoms with Crippen LogP contribution in [0.2, 0.25) is 0 Å². The zero-order chi connectivity index (χ0) is 13.8. The van der Waals surface area contributed by atoms with Gasteiger partial charge < -0.3 is 5.11 Å². The van der Waals surface area contributed by atoms with Crippen molar-refractivity contribution in [1.29, 1.82) is 5.26 Å². The van der Waals surface area contributed by atoms with Gasteiger partial charge in [0.15, 0.2) is 0 Å². The average Bonchev–Trinajstić information content (AvgIpc) is 2.27. The van der Waals surface area contributed by atoms with E-state index in [0.29, 0.717) is 24.0 Å². The van der Waals surface area contributed by atoms with Gasteiger partial charge in [0, 0.05) is 12.0 Å². The molecule has 98 valence electrons. The second kappa shape index (κ2) is 5.51. The highest BCUT2D eigenvalue weighted by Gasteiger charge is 2.23. The van der Waals surface area contributed by atoms with Gasteiger partial charge in [-0.15, -0.1) is 0 Å². The Morgan fingerprint density at radius 2 is 2.11 bits per heavy atom. The smallest absolute Gasteiger partial charge is 0.147 e. The predicted octanol–water partition coefficient (Wildman–Crippen LogP) is 1.59. The fourth-order valence-electron chi connectivity index (χ4n) is 1.75. The highest BCUT2D eigenvalue weighted by atomic mass is 32.2. The third-order valence-electron chi connectivity index (χ3n) is 2.79. The summed E-state index contributed by atoms with van der Waals surface area (Å²) in [6.07, 6.45) is 1.91. The minimum Gasteiger partial charge on any atom is -0.385 e. The summed E-state index contributed by atoms with van der Waals surface area (Å²) in [7, 11) is -3.01. The van der Waals surface area contributed by atoms with Crippen molar-refractivity contribution in [1.82, 2.24) is 0 Å². The molecule has 0 fully saturated rings. The van der Waals surface area contributed by atoms with E-state index in [0.717, 1.165) is 0 Å². The standard InChI is InChI=1S/C13H17NO3S/c1-13(15,7-4-8-18(2,16)17)12-6-3-5-11(9-12)10-14/h3,5-6,9,15H,4,7-8H2,1-2H3. The summed E-state index contributed by atoms with van der Waals surface area (Å²) < 4.78 is 22.1. The van der Waals surface area contributed by atoms with Gasteiger partial charge in [-0.3, -0.25) is 0 Å². The molecule has 4 nitrogen and oxygen atoms in total. The molecule has 1 N–H and O–H groups in total. The van der Waals surface area contributed by atoms with Gasteiger partial charge >= 0.3 is 0 Å². The van der Waals surface area contributed by atoms with E-state index in [-0.39, 0.29) is 5.75 Å². The van der Waals surface area contributed by atoms with Gasteiger partial charge in [-0.1, -0.05) is 12.1 Å². The van der Waals surface area contributed by atoms with Crippen LogP contribution in [-0.4, -0.2) is 25.5 Å². The van der Waals surface area contributed by atoms with Crippen LogP contribution in [0.5, 0.6) is 0 Å². The molecular formula is C13H17NO3S. The first-order valence-corrected chi connectivity index (χ1v) is 7.71. The maximum atomic E-state index is 11.0. The van der Waals surface area contributed by atoms with Crippen molar-refractivity contribution in [3.8, 4) is 6.07 Å². The fourth-order valence-corrected chi connectivity index (χ4v) is 2.42. The van der Waals surface area contributed by atoms with E-state index < -0.39 is 15.4 Å². The Bertz CT molecular complexity index is 556. The Kier molecular flexibility index (Phi) is 4.49. The molecular weight excluding hydrogens is 250 g/mol. The van der Waals surface area contributed by atoms with Crippen LogP contribution in [-0.2, 0) is 15.4 Å². The Hall–Kier alpha value is -1.38. The normalized spacial score (nSPS) is 14.8. The first-order chi connectivity index (χ1) is 8.24. The highest BCUT2D eigenvalue weighted by Crippen LogP contribution is 2.26. The maximum Gasteiger partial charge on any atom is 0.147 e. The van der Waals surface area contributed by atoms with Gasteiger partial charge in [0.25, 0.3) is 0 Å². The second-order valence-corrected chi connectivity index (χ2v) is 6.96. The van der Waals surface area contributed by atoms with Crippen LogP contribution in [0.25, 0.3) is 0 Å². The highest BCUT2D eigenvalue weighted by molar-refractivity contribution is 7.90. The van der Waals surface area contributed by atoms with Gasteiger partial charge in [-0.25, -0.2) is 8.42 Å². The lowest BCUT2D eigenvalue weighted by Gasteiger charge is -2.23. The maximum absolute atomic E-state index is 11.0. The summed E-state index contributed by atoms with van der Waals surface area (Å²) >= 11 is 0. The molecule has 0 aliphatic rings. The van der Waals surface area contributed by atoms with Crippen molar-refractivity contribution >= 4 is 9.84 Å². The second-order valence-electron chi connectivity index (χ2n) is 4.70. The molecule has 0 saturated heterocycles. The number of nitriles is 1. The van der Waals surface area contributed by atoms with Gasteiger partial charge in [0.2, 0.25) is 0 Å². The average molecular weight is 267 g/mol. The molecule has 0 bridgehead atoms. The van der Waals surface area contributed by atoms with E-state index in [1.165, 1.54) is 6.26 Å². The quantitative estimate of drug-likeness (QED) is 0.878. The summed E-state index contributed by atoms with van der Waals surface area (Å²) in [5, 5.41) is 19.1. The van der Waals surface area contributed by atoms with E-state index >= 15 is 0 Å². The van der Waals surface area contributed by atoms with Crippen molar-refractivity contribution in [2.24, 2.45) is 0 Å². The molecule has 0 heterocycles. The Balaban J connectivity index is 2.76. The lowest BCUT2D eigenvalue weighted by Crippen LogP contribution is -2.22. The Labute approximate surface area is 108 Å². The van der Waals surface area contributed by atoms with E-state index in [1.807, 2.05) is 6.07 Å². The Morgan fingerprint density at radius 3 is 2.67 bits per heavy atom. The molecule has 0 saturated carbocycles. The first-order valence-electron chi connectivity index (χ1n) is 5.65. The van der Waals surface area contributed by atoms with Crippen molar-refractivity contribution < 1.29 is 13.5 Å². The molecule has 0 spiro atoms. The third-order valence-corrected chi connectivity index (χ3v) is 3.82. The molecule has 1 aromatic carbocycles. The zero-order valence-electron chi connectivity index (χ0n) is 10.5. The third kappa shape index (κ3) is 4.47. The lowest BCUT2D eigenvalue weighted by molar-refractivity contribution is 0.0472. The molecule has 0 amide bonds. The summed E-state index contributed by atoms with van der Waals surface area (Å²) in [6.45, 7) is 1.63. The van der Waals surface area contributed by atoms with Gasteiger partial charge in [-0.2, -0.15) is 5.26 Å². The molecule has 0 aromatic heterocycles. The number of rotatable bonds is 5. The topological polar surface area (TPSA) is 78.2 Å². The molecule has 1 aromatic rings. The van der Waals surface area contributed by atoms with Crippen LogP contribution in [0.1, 0.15) is 30.9 Å². The number of nitrogens with zero attached hydrogens (tertiary/aromatic N) is 1. The Morgan fingerprint density at radius 1 is 1.44 bits per heavy atom. The van der Waals surface area contributed by atoms with Crippen molar-refractivity contribution in [3.05, 3.63) is 35.4 Å². The first kappa shape index (κ1) is 14.7. The summed E-state index contributed by atoms with van der Waals surface area (Å²) in [5.74, 6) is 0.0566. The largest absolute Gasteiger partial charge is 0.385 e. The zero-order valence-corrected chi connectivity index (χ0v) is 11.4. The molecule has 1 unspecified atom stereocenters. The van der Waals surface area contributed by atoms with Gasteiger partial charge in [-0.05, 0) is 37.5 Å². The van der Waals surface area contributed by atoms with Crippen LogP contribution in [0, 0.1) is 11.3 Å². The van der Waals surface area contributed by atoms with Crippen LogP contribution < -0.4 is 0 Å². The van der Waals surface area contributed by atoms with Crippen molar-refractivity contribution in [2.75, 3.05) is 12.0 Å². The van der Waals surface area contributed by atoms with Crippen LogP contribution in [0.15, 0.2) is 24.3 Å². The molecule has 5 heteroatoms. The van der Waals surface area contributed by atoms with Gasteiger partial charge in [0.05, 0.1) is 17.2 Å². The van der Waals surface area contributed by atoms with E-state index in [9.17, 15) is 13.5 Å². The minimum atomic E-state index is -3.01. The summed E-state index contributed by atoms with van der Waals surface area (Å²) in [4.78, 5) is 0. The SMILES string of the molecule is CC(O)(CCCS(C)(=O)=O)c1cccc(C#N)c1. The molecule has 18 heavy (non-hydrogen) atoms. The van der Waals surface area contributed by atoms with Crippen LogP contribution in [0.3, 0.4) is 0 Å². The monoisotopic (exact) mass is 267 g/mol. The summed E-state index contributed by atoms with van der Waals surface area (Å²) in [5.41, 5.74) is 0.00307. The van der Waals surface area contributed by atoms with E-state index in [2.05, 4.69) is 0 Å². The summed E-state index contributed by atoms with van der Waals surface area (Å²) in [6, 6.07) is 8.75. The van der Waals surface area contributed by atoms with Crippen LogP contribution >= 0.6 is 0 Å². The fraction of sp³-hybridized carbons (Fsp3) is 0.462. The van der Waals surface area contributed by atoms with E-state index in [4.69, 9.17) is 5.26 Å². The van der Waals surface area contributed by atoms with Gasteiger partial charge in [0.1, 0.15) is 9.84 Å². The number of hydrogen-bond acceptors (Lipinski definition) is 4. The molecule has 0 aliphatic heterocycles. The van der Waals surface area contributed by atoms with Crippen LogP contribution in [0.4, 0.5) is 0 Å². The number of benzene rings is 1. The molecule has 0 radical (unpaired) electrons. The number of hydrogen-bond donors (Lipinski definition) is 1. The molecule has 1 rings (SSSR count). The van der Waals surface area contributed by atoms with E-state index in [1.54, 1.807) is 31.2 Å². The van der Waals surface area contributed by atoms with Crippen molar-refractivity contribution in [3.63, 3.8) is 0 Å². The predicted molar refractivity (Wildman–Crippen MR) is 69.7 cm³/mol. The lowest BCUT2D eigenvalue weighted by atomic mass is 9.90.